The predicted molar refractivity (Wildman–Crippen MR) is 98.3 cm³/mol. The lowest BCUT2D eigenvalue weighted by atomic mass is 9.98. The van der Waals surface area contributed by atoms with Crippen LogP contribution >= 0.6 is 0 Å². The number of methoxy groups -OCH3 is 1. The number of ether oxygens (including phenoxy) is 1. The summed E-state index contributed by atoms with van der Waals surface area (Å²) in [6, 6.07) is 14.6. The molecule has 1 aromatic heterocycles. The number of hydrogen-bond donors (Lipinski definition) is 0. The maximum absolute atomic E-state index is 13.4. The number of rotatable bonds is 3. The van der Waals surface area contributed by atoms with Crippen LogP contribution in [-0.2, 0) is 21.2 Å². The van der Waals surface area contributed by atoms with Crippen molar-refractivity contribution in [2.75, 3.05) is 7.11 Å². The van der Waals surface area contributed by atoms with E-state index in [0.29, 0.717) is 16.8 Å². The molecule has 0 bridgehead atoms. The smallest absolute Gasteiger partial charge is 0.268 e. The van der Waals surface area contributed by atoms with Crippen LogP contribution in [-0.4, -0.2) is 19.5 Å². The molecule has 4 nitrogen and oxygen atoms in total. The van der Waals surface area contributed by atoms with Gasteiger partial charge in [0.05, 0.1) is 10.4 Å². The Labute approximate surface area is 147 Å². The molecular formula is C20H19NO3S. The van der Waals surface area contributed by atoms with Crippen molar-refractivity contribution >= 4 is 20.9 Å². The summed E-state index contributed by atoms with van der Waals surface area (Å²) < 4.78 is 33.8. The Hall–Kier alpha value is -2.37. The summed E-state index contributed by atoms with van der Waals surface area (Å²) in [5, 5.41) is 0.921. The van der Waals surface area contributed by atoms with Gasteiger partial charge in [-0.05, 0) is 25.1 Å². The number of aromatic nitrogens is 1. The predicted octanol–water partition coefficient (Wildman–Crippen LogP) is 3.99. The van der Waals surface area contributed by atoms with Gasteiger partial charge in [0.2, 0.25) is 0 Å². The lowest BCUT2D eigenvalue weighted by Crippen LogP contribution is -2.18. The van der Waals surface area contributed by atoms with Crippen molar-refractivity contribution < 1.29 is 13.2 Å². The lowest BCUT2D eigenvalue weighted by molar-refractivity contribution is 0.141. The van der Waals surface area contributed by atoms with Gasteiger partial charge in [-0.1, -0.05) is 48.0 Å². The second-order valence-corrected chi connectivity index (χ2v) is 8.04. The van der Waals surface area contributed by atoms with Crippen molar-refractivity contribution in [2.24, 2.45) is 0 Å². The first-order chi connectivity index (χ1) is 12.0. The monoisotopic (exact) mass is 353 g/mol. The third-order valence-corrected chi connectivity index (χ3v) is 6.45. The topological polar surface area (TPSA) is 48.3 Å². The highest BCUT2D eigenvalue weighted by Crippen LogP contribution is 2.38. The van der Waals surface area contributed by atoms with Crippen molar-refractivity contribution in [1.82, 2.24) is 3.97 Å². The van der Waals surface area contributed by atoms with Gasteiger partial charge in [-0.15, -0.1) is 0 Å². The summed E-state index contributed by atoms with van der Waals surface area (Å²) in [7, 11) is -2.04. The summed E-state index contributed by atoms with van der Waals surface area (Å²) in [4.78, 5) is 0.296. The van der Waals surface area contributed by atoms with Crippen LogP contribution in [0.3, 0.4) is 0 Å². The Bertz CT molecular complexity index is 1080. The van der Waals surface area contributed by atoms with Crippen molar-refractivity contribution in [2.45, 2.75) is 24.3 Å². The van der Waals surface area contributed by atoms with Gasteiger partial charge in [-0.25, -0.2) is 12.4 Å². The van der Waals surface area contributed by atoms with Crippen LogP contribution in [0, 0.1) is 6.92 Å². The molecule has 0 saturated carbocycles. The van der Waals surface area contributed by atoms with Gasteiger partial charge in [-0.2, -0.15) is 0 Å². The molecule has 1 heterocycles. The first kappa shape index (κ1) is 16.1. The van der Waals surface area contributed by atoms with Crippen molar-refractivity contribution in [3.8, 4) is 0 Å². The number of hydrogen-bond acceptors (Lipinski definition) is 3. The molecule has 0 aliphatic heterocycles. The molecule has 0 radical (unpaired) electrons. The lowest BCUT2D eigenvalue weighted by Gasteiger charge is -2.18. The molecule has 0 N–H and O–H groups in total. The van der Waals surface area contributed by atoms with Gasteiger partial charge in [0.25, 0.3) is 10.0 Å². The fourth-order valence-corrected chi connectivity index (χ4v) is 5.06. The van der Waals surface area contributed by atoms with Crippen LogP contribution in [0.4, 0.5) is 0 Å². The molecule has 0 amide bonds. The zero-order valence-corrected chi connectivity index (χ0v) is 15.0. The largest absolute Gasteiger partial charge is 0.373 e. The molecule has 3 aromatic rings. The molecule has 128 valence electrons. The number of aryl methyl sites for hydroxylation is 1. The number of nitrogens with zero attached hydrogens (tertiary/aromatic N) is 1. The molecule has 4 rings (SSSR count). The molecule has 25 heavy (non-hydrogen) atoms. The Kier molecular flexibility index (Phi) is 3.78. The van der Waals surface area contributed by atoms with Gasteiger partial charge in [0.1, 0.15) is 6.10 Å². The van der Waals surface area contributed by atoms with E-state index in [1.165, 1.54) is 3.97 Å². The molecule has 5 heteroatoms. The highest BCUT2D eigenvalue weighted by molar-refractivity contribution is 7.90. The highest BCUT2D eigenvalue weighted by atomic mass is 32.2. The molecule has 2 aromatic carbocycles. The summed E-state index contributed by atoms with van der Waals surface area (Å²) in [6.45, 7) is 1.94. The minimum Gasteiger partial charge on any atom is -0.373 e. The molecule has 0 saturated heterocycles. The Morgan fingerprint density at radius 3 is 2.52 bits per heavy atom. The number of benzene rings is 2. The Morgan fingerprint density at radius 2 is 1.80 bits per heavy atom. The number of para-hydroxylation sites is 1. The quantitative estimate of drug-likeness (QED) is 0.669. The average Bonchev–Trinajstić information content (AvgIpc) is 2.97. The number of allylic oxidation sites excluding steroid dienone is 1. The van der Waals surface area contributed by atoms with E-state index in [1.807, 2.05) is 55.5 Å². The van der Waals surface area contributed by atoms with Crippen molar-refractivity contribution in [3.05, 3.63) is 77.5 Å². The van der Waals surface area contributed by atoms with E-state index in [0.717, 1.165) is 22.2 Å². The van der Waals surface area contributed by atoms with Crippen LogP contribution in [0.2, 0.25) is 0 Å². The third-order valence-electron chi connectivity index (χ3n) is 4.69. The first-order valence-electron chi connectivity index (χ1n) is 8.18. The van der Waals surface area contributed by atoms with E-state index in [2.05, 4.69) is 0 Å². The maximum Gasteiger partial charge on any atom is 0.268 e. The maximum atomic E-state index is 13.4. The summed E-state index contributed by atoms with van der Waals surface area (Å²) in [5.41, 5.74) is 3.44. The van der Waals surface area contributed by atoms with Gasteiger partial charge >= 0.3 is 0 Å². The zero-order chi connectivity index (χ0) is 17.6. The van der Waals surface area contributed by atoms with Crippen LogP contribution in [0.1, 0.15) is 22.9 Å². The molecule has 1 unspecified atom stereocenters. The van der Waals surface area contributed by atoms with Gasteiger partial charge < -0.3 is 4.74 Å². The van der Waals surface area contributed by atoms with Gasteiger partial charge in [0, 0.05) is 30.2 Å². The van der Waals surface area contributed by atoms with E-state index >= 15 is 0 Å². The third kappa shape index (κ3) is 2.42. The summed E-state index contributed by atoms with van der Waals surface area (Å²) >= 11 is 0. The average molecular weight is 353 g/mol. The highest BCUT2D eigenvalue weighted by Gasteiger charge is 2.30. The standard InChI is InChI=1S/C20H19NO3S/c1-14-10-12-15(13-11-14)25(22,23)21-17-7-4-3-6-16(17)20-18(21)8-5-9-19(20)24-2/h3-7,9-13,19H,8H2,1-2H3. The van der Waals surface area contributed by atoms with E-state index in [9.17, 15) is 8.42 Å². The van der Waals surface area contributed by atoms with Crippen LogP contribution in [0.25, 0.3) is 10.9 Å². The van der Waals surface area contributed by atoms with Crippen molar-refractivity contribution in [1.29, 1.82) is 0 Å². The van der Waals surface area contributed by atoms with Crippen LogP contribution < -0.4 is 0 Å². The van der Waals surface area contributed by atoms with Gasteiger partial charge in [0.15, 0.2) is 0 Å². The Balaban J connectivity index is 2.05. The molecule has 1 aliphatic rings. The summed E-state index contributed by atoms with van der Waals surface area (Å²) in [6.07, 6.45) is 4.28. The van der Waals surface area contributed by atoms with Crippen LogP contribution in [0.5, 0.6) is 0 Å². The minimum absolute atomic E-state index is 0.233. The van der Waals surface area contributed by atoms with Crippen molar-refractivity contribution in [3.63, 3.8) is 0 Å². The fourth-order valence-electron chi connectivity index (χ4n) is 3.49. The molecule has 0 spiro atoms. The normalized spacial score (nSPS) is 17.0. The molecular weight excluding hydrogens is 334 g/mol. The summed E-state index contributed by atoms with van der Waals surface area (Å²) in [5.74, 6) is 0. The second kappa shape index (κ2) is 5.86. The van der Waals surface area contributed by atoms with Gasteiger partial charge in [-0.3, -0.25) is 0 Å². The zero-order valence-electron chi connectivity index (χ0n) is 14.1. The van der Waals surface area contributed by atoms with Crippen LogP contribution in [0.15, 0.2) is 65.6 Å². The van der Waals surface area contributed by atoms with E-state index < -0.39 is 10.0 Å². The minimum atomic E-state index is -3.68. The molecule has 1 aliphatic carbocycles. The van der Waals surface area contributed by atoms with E-state index in [4.69, 9.17) is 4.74 Å². The first-order valence-corrected chi connectivity index (χ1v) is 9.62. The molecule has 0 fully saturated rings. The second-order valence-electron chi connectivity index (χ2n) is 6.25. The van der Waals surface area contributed by atoms with E-state index in [-0.39, 0.29) is 6.10 Å². The SMILES string of the molecule is COC1C=CCc2c1c1ccccc1n2S(=O)(=O)c1ccc(C)cc1. The molecule has 1 atom stereocenters. The van der Waals surface area contributed by atoms with E-state index in [1.54, 1.807) is 19.2 Å². The Morgan fingerprint density at radius 1 is 1.08 bits per heavy atom. The fraction of sp³-hybridized carbons (Fsp3) is 0.200. The number of fused-ring (bicyclic) bond motifs is 3.